The Hall–Kier alpha value is -1.20. The minimum atomic E-state index is -0.868. The number of rotatable bonds is 6. The Morgan fingerprint density at radius 3 is 2.82 bits per heavy atom. The minimum Gasteiger partial charge on any atom is -0.497 e. The first-order chi connectivity index (χ1) is 8.04. The summed E-state index contributed by atoms with van der Waals surface area (Å²) in [5, 5.41) is 18.1. The molecule has 0 radical (unpaired) electrons. The van der Waals surface area contributed by atoms with Crippen LogP contribution in [0.4, 0.5) is 0 Å². The molecule has 0 aliphatic carbocycles. The number of ether oxygens (including phenoxy) is 1. The Balaban J connectivity index is 2.57. The summed E-state index contributed by atoms with van der Waals surface area (Å²) in [7, 11) is 1.56. The third kappa shape index (κ3) is 4.28. The van der Waals surface area contributed by atoms with Gasteiger partial charge in [0.2, 0.25) is 0 Å². The van der Waals surface area contributed by atoms with Crippen molar-refractivity contribution < 1.29 is 19.7 Å². The van der Waals surface area contributed by atoms with Gasteiger partial charge in [-0.1, -0.05) is 12.1 Å². The van der Waals surface area contributed by atoms with Crippen LogP contribution in [0.1, 0.15) is 18.6 Å². The molecule has 0 bridgehead atoms. The van der Waals surface area contributed by atoms with E-state index in [2.05, 4.69) is 0 Å². The molecule has 2 N–H and O–H groups in total. The summed E-state index contributed by atoms with van der Waals surface area (Å²) in [5.41, 5.74) is 0.731. The molecule has 4 nitrogen and oxygen atoms in total. The molecule has 0 aromatic heterocycles. The Labute approximate surface area is 105 Å². The van der Waals surface area contributed by atoms with Gasteiger partial charge in [0.25, 0.3) is 0 Å². The number of carboxylic acids is 1. The van der Waals surface area contributed by atoms with Gasteiger partial charge in [0, 0.05) is 5.75 Å². The number of benzene rings is 1. The second kappa shape index (κ2) is 6.51. The van der Waals surface area contributed by atoms with Crippen LogP contribution in [0.15, 0.2) is 24.3 Å². The van der Waals surface area contributed by atoms with Crippen LogP contribution >= 0.6 is 11.8 Å². The van der Waals surface area contributed by atoms with Crippen LogP contribution in [0.25, 0.3) is 0 Å². The third-order valence-electron chi connectivity index (χ3n) is 2.33. The molecule has 0 spiro atoms. The van der Waals surface area contributed by atoms with Gasteiger partial charge in [-0.05, 0) is 24.6 Å². The van der Waals surface area contributed by atoms with Crippen molar-refractivity contribution >= 4 is 17.7 Å². The van der Waals surface area contributed by atoms with Crippen LogP contribution in [-0.2, 0) is 4.79 Å². The van der Waals surface area contributed by atoms with Crippen molar-refractivity contribution in [3.05, 3.63) is 29.8 Å². The first kappa shape index (κ1) is 13.9. The Morgan fingerprint density at radius 2 is 2.24 bits per heavy atom. The quantitative estimate of drug-likeness (QED) is 0.814. The lowest BCUT2D eigenvalue weighted by atomic mass is 10.1. The van der Waals surface area contributed by atoms with Crippen LogP contribution < -0.4 is 4.74 Å². The van der Waals surface area contributed by atoms with Gasteiger partial charge < -0.3 is 14.9 Å². The zero-order valence-corrected chi connectivity index (χ0v) is 10.6. The molecule has 0 aliphatic heterocycles. The first-order valence-corrected chi connectivity index (χ1v) is 6.26. The summed E-state index contributed by atoms with van der Waals surface area (Å²) in [5.74, 6) is 0.159. The maximum absolute atomic E-state index is 10.6. The van der Waals surface area contributed by atoms with E-state index in [-0.39, 0.29) is 0 Å². The molecule has 0 saturated heterocycles. The maximum Gasteiger partial charge on any atom is 0.316 e. The number of aliphatic hydroxyl groups excluding tert-OH is 1. The van der Waals surface area contributed by atoms with Crippen LogP contribution in [0.5, 0.6) is 5.75 Å². The average molecular weight is 256 g/mol. The van der Waals surface area contributed by atoms with Crippen molar-refractivity contribution in [2.45, 2.75) is 18.3 Å². The fourth-order valence-corrected chi connectivity index (χ4v) is 2.06. The van der Waals surface area contributed by atoms with Crippen LogP contribution in [0, 0.1) is 0 Å². The first-order valence-electron chi connectivity index (χ1n) is 5.21. The average Bonchev–Trinajstić information content (AvgIpc) is 2.35. The summed E-state index contributed by atoms with van der Waals surface area (Å²) in [4.78, 5) is 10.6. The number of carboxylic acid groups (broad SMARTS) is 1. The Kier molecular flexibility index (Phi) is 5.31. The molecule has 0 aliphatic rings. The van der Waals surface area contributed by atoms with Gasteiger partial charge in [-0.15, -0.1) is 11.8 Å². The molecule has 1 aromatic rings. The molecule has 0 fully saturated rings. The number of aliphatic carboxylic acids is 1. The van der Waals surface area contributed by atoms with Gasteiger partial charge in [-0.3, -0.25) is 4.79 Å². The lowest BCUT2D eigenvalue weighted by Crippen LogP contribution is -2.14. The summed E-state index contributed by atoms with van der Waals surface area (Å²) >= 11 is 1.21. The zero-order valence-electron chi connectivity index (χ0n) is 9.79. The zero-order chi connectivity index (χ0) is 12.8. The van der Waals surface area contributed by atoms with Gasteiger partial charge >= 0.3 is 5.97 Å². The van der Waals surface area contributed by atoms with E-state index >= 15 is 0 Å². The number of aliphatic hydroxyl groups is 1. The molecule has 0 saturated carbocycles. The van der Waals surface area contributed by atoms with E-state index in [1.807, 2.05) is 0 Å². The van der Waals surface area contributed by atoms with Gasteiger partial charge in [0.15, 0.2) is 0 Å². The highest BCUT2D eigenvalue weighted by Crippen LogP contribution is 2.24. The number of hydrogen-bond donors (Lipinski definition) is 2. The second-order valence-electron chi connectivity index (χ2n) is 3.61. The number of thioether (sulfide) groups is 1. The van der Waals surface area contributed by atoms with E-state index in [9.17, 15) is 9.90 Å². The predicted octanol–water partition coefficient (Wildman–Crippen LogP) is 1.93. The van der Waals surface area contributed by atoms with Crippen molar-refractivity contribution in [2.75, 3.05) is 12.9 Å². The van der Waals surface area contributed by atoms with E-state index in [4.69, 9.17) is 9.84 Å². The van der Waals surface area contributed by atoms with Crippen molar-refractivity contribution in [3.8, 4) is 5.75 Å². The predicted molar refractivity (Wildman–Crippen MR) is 67.5 cm³/mol. The summed E-state index contributed by atoms with van der Waals surface area (Å²) in [6, 6.07) is 7.13. The third-order valence-corrected chi connectivity index (χ3v) is 3.54. The smallest absolute Gasteiger partial charge is 0.316 e. The van der Waals surface area contributed by atoms with Gasteiger partial charge in [0.05, 0.1) is 18.5 Å². The largest absolute Gasteiger partial charge is 0.497 e. The van der Waals surface area contributed by atoms with Crippen molar-refractivity contribution in [1.29, 1.82) is 0 Å². The number of carbonyl (C=O) groups is 1. The van der Waals surface area contributed by atoms with Crippen molar-refractivity contribution in [2.24, 2.45) is 0 Å². The number of methoxy groups -OCH3 is 1. The van der Waals surface area contributed by atoms with E-state index in [1.165, 1.54) is 11.8 Å². The molecule has 5 heteroatoms. The normalized spacial score (nSPS) is 14.1. The monoisotopic (exact) mass is 256 g/mol. The molecule has 94 valence electrons. The molecular weight excluding hydrogens is 240 g/mol. The van der Waals surface area contributed by atoms with Gasteiger partial charge in [0.1, 0.15) is 5.75 Å². The Morgan fingerprint density at radius 1 is 1.53 bits per heavy atom. The highest BCUT2D eigenvalue weighted by molar-refractivity contribution is 8.00. The van der Waals surface area contributed by atoms with Crippen molar-refractivity contribution in [1.82, 2.24) is 0 Å². The molecule has 2 atom stereocenters. The fourth-order valence-electron chi connectivity index (χ4n) is 1.25. The SMILES string of the molecule is COc1cccc(C(O)CSC(C)C(=O)O)c1. The summed E-state index contributed by atoms with van der Waals surface area (Å²) in [6.07, 6.45) is -0.683. The van der Waals surface area contributed by atoms with E-state index in [1.54, 1.807) is 38.3 Å². The Bertz CT molecular complexity index is 381. The topological polar surface area (TPSA) is 66.8 Å². The molecule has 2 unspecified atom stereocenters. The highest BCUT2D eigenvalue weighted by atomic mass is 32.2. The molecule has 0 amide bonds. The summed E-state index contributed by atoms with van der Waals surface area (Å²) in [6.45, 7) is 1.60. The molecule has 0 heterocycles. The van der Waals surface area contributed by atoms with Gasteiger partial charge in [-0.2, -0.15) is 0 Å². The van der Waals surface area contributed by atoms with Crippen molar-refractivity contribution in [3.63, 3.8) is 0 Å². The fraction of sp³-hybridized carbons (Fsp3) is 0.417. The molecular formula is C12H16O4S. The maximum atomic E-state index is 10.6. The lowest BCUT2D eigenvalue weighted by Gasteiger charge is -2.13. The van der Waals surface area contributed by atoms with Crippen LogP contribution in [0.3, 0.4) is 0 Å². The molecule has 1 aromatic carbocycles. The standard InChI is InChI=1S/C12H16O4S/c1-8(12(14)15)17-7-11(13)9-4-3-5-10(6-9)16-2/h3-6,8,11,13H,7H2,1-2H3,(H,14,15). The van der Waals surface area contributed by atoms with E-state index in [0.29, 0.717) is 11.5 Å². The lowest BCUT2D eigenvalue weighted by molar-refractivity contribution is -0.136. The van der Waals surface area contributed by atoms with E-state index in [0.717, 1.165) is 5.56 Å². The number of hydrogen-bond acceptors (Lipinski definition) is 4. The van der Waals surface area contributed by atoms with Crippen LogP contribution in [0.2, 0.25) is 0 Å². The molecule has 17 heavy (non-hydrogen) atoms. The van der Waals surface area contributed by atoms with E-state index < -0.39 is 17.3 Å². The second-order valence-corrected chi connectivity index (χ2v) is 4.98. The summed E-state index contributed by atoms with van der Waals surface area (Å²) < 4.78 is 5.06. The minimum absolute atomic E-state index is 0.348. The van der Waals surface area contributed by atoms with Gasteiger partial charge in [-0.25, -0.2) is 0 Å². The highest BCUT2D eigenvalue weighted by Gasteiger charge is 2.15. The van der Waals surface area contributed by atoms with Crippen LogP contribution in [-0.4, -0.2) is 34.3 Å². The molecule has 1 rings (SSSR count).